The van der Waals surface area contributed by atoms with Crippen LogP contribution < -0.4 is 9.47 Å². The first-order valence-corrected chi connectivity index (χ1v) is 6.08. The van der Waals surface area contributed by atoms with Crippen molar-refractivity contribution in [2.75, 3.05) is 11.9 Å². The number of halogens is 5. The van der Waals surface area contributed by atoms with Crippen molar-refractivity contribution in [1.29, 1.82) is 0 Å². The zero-order chi connectivity index (χ0) is 12.2. The minimum Gasteiger partial charge on any atom is -0.493 e. The number of benzene rings is 1. The van der Waals surface area contributed by atoms with Crippen LogP contribution >= 0.6 is 31.9 Å². The van der Waals surface area contributed by atoms with Crippen LogP contribution in [-0.2, 0) is 0 Å². The first-order chi connectivity index (χ1) is 7.42. The van der Waals surface area contributed by atoms with Gasteiger partial charge in [-0.3, -0.25) is 0 Å². The number of ether oxygens (including phenoxy) is 2. The molecular weight excluding hydrogens is 357 g/mol. The highest BCUT2D eigenvalue weighted by Crippen LogP contribution is 2.33. The van der Waals surface area contributed by atoms with E-state index < -0.39 is 6.36 Å². The monoisotopic (exact) mass is 362 g/mol. The van der Waals surface area contributed by atoms with Crippen molar-refractivity contribution < 1.29 is 22.6 Å². The molecule has 16 heavy (non-hydrogen) atoms. The van der Waals surface area contributed by atoms with E-state index >= 15 is 0 Å². The number of hydrogen-bond donors (Lipinski definition) is 0. The van der Waals surface area contributed by atoms with Crippen LogP contribution in [0.1, 0.15) is 0 Å². The average molecular weight is 364 g/mol. The van der Waals surface area contributed by atoms with E-state index in [0.717, 1.165) is 0 Å². The highest BCUT2D eigenvalue weighted by atomic mass is 79.9. The fraction of sp³-hybridized carbons (Fsp3) is 0.333. The van der Waals surface area contributed by atoms with Crippen molar-refractivity contribution in [2.24, 2.45) is 0 Å². The maximum Gasteiger partial charge on any atom is 0.573 e. The van der Waals surface area contributed by atoms with Crippen molar-refractivity contribution in [3.05, 3.63) is 22.7 Å². The molecule has 0 fully saturated rings. The molecule has 0 amide bonds. The van der Waals surface area contributed by atoms with Crippen LogP contribution in [0.4, 0.5) is 13.2 Å². The van der Waals surface area contributed by atoms with Gasteiger partial charge in [-0.15, -0.1) is 13.2 Å². The van der Waals surface area contributed by atoms with Crippen LogP contribution in [-0.4, -0.2) is 18.3 Å². The Balaban J connectivity index is 2.75. The number of hydrogen-bond acceptors (Lipinski definition) is 2. The van der Waals surface area contributed by atoms with Gasteiger partial charge in [-0.25, -0.2) is 0 Å². The van der Waals surface area contributed by atoms with Gasteiger partial charge in [0.2, 0.25) is 0 Å². The van der Waals surface area contributed by atoms with Crippen LogP contribution in [0, 0.1) is 0 Å². The van der Waals surface area contributed by atoms with Gasteiger partial charge in [-0.2, -0.15) is 0 Å². The molecule has 0 atom stereocenters. The predicted octanol–water partition coefficient (Wildman–Crippen LogP) is 4.12. The lowest BCUT2D eigenvalue weighted by Gasteiger charge is -2.11. The van der Waals surface area contributed by atoms with Crippen LogP contribution in [0.25, 0.3) is 0 Å². The van der Waals surface area contributed by atoms with Gasteiger partial charge in [0.25, 0.3) is 0 Å². The molecule has 0 saturated heterocycles. The maximum atomic E-state index is 11.9. The van der Waals surface area contributed by atoms with Gasteiger partial charge in [0, 0.05) is 5.33 Å². The quantitative estimate of drug-likeness (QED) is 0.749. The van der Waals surface area contributed by atoms with E-state index in [2.05, 4.69) is 36.6 Å². The number of alkyl halides is 4. The van der Waals surface area contributed by atoms with Crippen molar-refractivity contribution in [1.82, 2.24) is 0 Å². The molecule has 1 rings (SSSR count). The lowest BCUT2D eigenvalue weighted by Crippen LogP contribution is -2.17. The molecule has 1 aromatic carbocycles. The third kappa shape index (κ3) is 4.61. The molecule has 0 unspecified atom stereocenters. The van der Waals surface area contributed by atoms with Crippen molar-refractivity contribution in [2.45, 2.75) is 6.36 Å². The van der Waals surface area contributed by atoms with Crippen LogP contribution in [0.15, 0.2) is 22.7 Å². The summed E-state index contributed by atoms with van der Waals surface area (Å²) in [5.74, 6) is 0.180. The van der Waals surface area contributed by atoms with E-state index in [-0.39, 0.29) is 10.2 Å². The molecule has 7 heteroatoms. The van der Waals surface area contributed by atoms with Gasteiger partial charge in [0.15, 0.2) is 0 Å². The third-order valence-corrected chi connectivity index (χ3v) is 2.42. The van der Waals surface area contributed by atoms with Crippen LogP contribution in [0.3, 0.4) is 0 Å². The van der Waals surface area contributed by atoms with Gasteiger partial charge in [0.1, 0.15) is 11.5 Å². The molecule has 0 aliphatic heterocycles. The van der Waals surface area contributed by atoms with E-state index in [1.54, 1.807) is 0 Å². The van der Waals surface area contributed by atoms with Crippen LogP contribution in [0.2, 0.25) is 0 Å². The zero-order valence-electron chi connectivity index (χ0n) is 7.85. The standard InChI is InChI=1S/C9H7Br2F3O2/c10-3-4-15-6-1-2-8(7(11)5-6)16-9(12,13)14/h1-2,5H,3-4H2. The van der Waals surface area contributed by atoms with Crippen molar-refractivity contribution >= 4 is 31.9 Å². The van der Waals surface area contributed by atoms with Crippen molar-refractivity contribution in [3.8, 4) is 11.5 Å². The molecule has 0 heterocycles. The Hall–Kier alpha value is -0.430. The summed E-state index contributed by atoms with van der Waals surface area (Å²) in [5.41, 5.74) is 0. The van der Waals surface area contributed by atoms with E-state index in [0.29, 0.717) is 17.7 Å². The number of rotatable bonds is 4. The Kier molecular flexibility index (Phi) is 4.91. The highest BCUT2D eigenvalue weighted by molar-refractivity contribution is 9.10. The highest BCUT2D eigenvalue weighted by Gasteiger charge is 2.31. The zero-order valence-corrected chi connectivity index (χ0v) is 11.0. The van der Waals surface area contributed by atoms with Gasteiger partial charge in [-0.05, 0) is 34.1 Å². The summed E-state index contributed by atoms with van der Waals surface area (Å²) in [7, 11) is 0. The Bertz CT molecular complexity index is 355. The molecule has 0 aliphatic carbocycles. The SMILES string of the molecule is FC(F)(F)Oc1ccc(OCCBr)cc1Br. The Labute approximate surface area is 107 Å². The summed E-state index contributed by atoms with van der Waals surface area (Å²) in [5, 5.41) is 0.644. The molecule has 0 N–H and O–H groups in total. The van der Waals surface area contributed by atoms with Gasteiger partial charge in [-0.1, -0.05) is 15.9 Å². The summed E-state index contributed by atoms with van der Waals surface area (Å²) in [6.07, 6.45) is -4.69. The van der Waals surface area contributed by atoms with Gasteiger partial charge < -0.3 is 9.47 Å². The average Bonchev–Trinajstić information content (AvgIpc) is 2.17. The topological polar surface area (TPSA) is 18.5 Å². The summed E-state index contributed by atoms with van der Waals surface area (Å²) < 4.78 is 45.0. The van der Waals surface area contributed by atoms with E-state index in [4.69, 9.17) is 4.74 Å². The second-order valence-electron chi connectivity index (χ2n) is 2.68. The normalized spacial score (nSPS) is 11.3. The minimum atomic E-state index is -4.69. The molecule has 90 valence electrons. The molecule has 0 spiro atoms. The van der Waals surface area contributed by atoms with E-state index in [1.165, 1.54) is 18.2 Å². The van der Waals surface area contributed by atoms with E-state index in [9.17, 15) is 13.2 Å². The van der Waals surface area contributed by atoms with Gasteiger partial charge in [0.05, 0.1) is 11.1 Å². The lowest BCUT2D eigenvalue weighted by molar-refractivity contribution is -0.274. The van der Waals surface area contributed by atoms with Crippen molar-refractivity contribution in [3.63, 3.8) is 0 Å². The molecular formula is C9H7Br2F3O2. The second kappa shape index (κ2) is 5.77. The predicted molar refractivity (Wildman–Crippen MR) is 60.1 cm³/mol. The molecule has 0 bridgehead atoms. The Morgan fingerprint density at radius 3 is 2.44 bits per heavy atom. The van der Waals surface area contributed by atoms with Gasteiger partial charge >= 0.3 is 6.36 Å². The molecule has 0 radical (unpaired) electrons. The minimum absolute atomic E-state index is 0.192. The largest absolute Gasteiger partial charge is 0.573 e. The molecule has 0 aromatic heterocycles. The fourth-order valence-corrected chi connectivity index (χ4v) is 1.54. The second-order valence-corrected chi connectivity index (χ2v) is 4.32. The molecule has 1 aromatic rings. The lowest BCUT2D eigenvalue weighted by atomic mass is 10.3. The Morgan fingerprint density at radius 1 is 1.25 bits per heavy atom. The molecule has 0 aliphatic rings. The summed E-state index contributed by atoms with van der Waals surface area (Å²) >= 11 is 6.14. The summed E-state index contributed by atoms with van der Waals surface area (Å²) in [6, 6.07) is 4.03. The summed E-state index contributed by atoms with van der Waals surface area (Å²) in [4.78, 5) is 0. The first-order valence-electron chi connectivity index (χ1n) is 4.16. The fourth-order valence-electron chi connectivity index (χ4n) is 0.935. The smallest absolute Gasteiger partial charge is 0.493 e. The third-order valence-electron chi connectivity index (χ3n) is 1.47. The Morgan fingerprint density at radius 2 is 1.94 bits per heavy atom. The molecule has 0 saturated carbocycles. The van der Waals surface area contributed by atoms with E-state index in [1.807, 2.05) is 0 Å². The summed E-state index contributed by atoms with van der Waals surface area (Å²) in [6.45, 7) is 0.436. The van der Waals surface area contributed by atoms with Crippen LogP contribution in [0.5, 0.6) is 11.5 Å². The first kappa shape index (κ1) is 13.6. The maximum absolute atomic E-state index is 11.9. The molecule has 2 nitrogen and oxygen atoms in total.